The van der Waals surface area contributed by atoms with Crippen LogP contribution in [0.3, 0.4) is 0 Å². The summed E-state index contributed by atoms with van der Waals surface area (Å²) in [6, 6.07) is 0. The maximum absolute atomic E-state index is 12.3. The summed E-state index contributed by atoms with van der Waals surface area (Å²) in [6.45, 7) is 0. The molecular formula is C3HCl4F3. The monoisotopic (exact) mass is 234 g/mol. The zero-order valence-corrected chi connectivity index (χ0v) is 7.25. The van der Waals surface area contributed by atoms with Crippen LogP contribution in [0.15, 0.2) is 0 Å². The Labute approximate surface area is 75.2 Å². The molecule has 1 unspecified atom stereocenters. The molecule has 0 aliphatic carbocycles. The van der Waals surface area contributed by atoms with Gasteiger partial charge in [-0.3, -0.25) is 0 Å². The van der Waals surface area contributed by atoms with Crippen LogP contribution in [0.4, 0.5) is 13.2 Å². The molecule has 0 nitrogen and oxygen atoms in total. The van der Waals surface area contributed by atoms with Crippen molar-refractivity contribution < 1.29 is 13.2 Å². The Morgan fingerprint density at radius 2 is 1.30 bits per heavy atom. The second-order valence-corrected chi connectivity index (χ2v) is 3.54. The number of rotatable bonds is 2. The third kappa shape index (κ3) is 2.22. The Balaban J connectivity index is 4.40. The van der Waals surface area contributed by atoms with Gasteiger partial charge in [0.05, 0.1) is 0 Å². The van der Waals surface area contributed by atoms with E-state index in [-0.39, 0.29) is 0 Å². The van der Waals surface area contributed by atoms with E-state index in [4.69, 9.17) is 23.2 Å². The lowest BCUT2D eigenvalue weighted by atomic mass is 10.4. The van der Waals surface area contributed by atoms with E-state index in [1.54, 1.807) is 0 Å². The van der Waals surface area contributed by atoms with Crippen LogP contribution >= 0.6 is 46.4 Å². The van der Waals surface area contributed by atoms with Crippen molar-refractivity contribution in [3.05, 3.63) is 0 Å². The van der Waals surface area contributed by atoms with Crippen molar-refractivity contribution in [3.63, 3.8) is 0 Å². The van der Waals surface area contributed by atoms with Gasteiger partial charge >= 0.3 is 5.38 Å². The molecule has 62 valence electrons. The molecule has 0 fully saturated rings. The van der Waals surface area contributed by atoms with E-state index in [9.17, 15) is 13.2 Å². The Hall–Kier alpha value is 0.950. The van der Waals surface area contributed by atoms with E-state index in [0.29, 0.717) is 0 Å². The SMILES string of the molecule is FC(F)(Cl)C(F)(Cl)C(Cl)Cl. The zero-order chi connectivity index (χ0) is 8.58. The van der Waals surface area contributed by atoms with Crippen LogP contribution in [0, 0.1) is 0 Å². The van der Waals surface area contributed by atoms with E-state index >= 15 is 0 Å². The van der Waals surface area contributed by atoms with Crippen molar-refractivity contribution in [2.45, 2.75) is 15.3 Å². The van der Waals surface area contributed by atoms with Crippen molar-refractivity contribution in [1.82, 2.24) is 0 Å². The molecule has 0 rings (SSSR count). The summed E-state index contributed by atoms with van der Waals surface area (Å²) >= 11 is 18.2. The predicted molar refractivity (Wildman–Crippen MR) is 36.0 cm³/mol. The van der Waals surface area contributed by atoms with Gasteiger partial charge in [0.2, 0.25) is 0 Å². The minimum Gasteiger partial charge on any atom is -0.215 e. The lowest BCUT2D eigenvalue weighted by Crippen LogP contribution is -2.40. The minimum absolute atomic E-state index is 2.08. The van der Waals surface area contributed by atoms with Crippen LogP contribution in [-0.2, 0) is 0 Å². The number of halogens is 7. The summed E-state index contributed by atoms with van der Waals surface area (Å²) in [7, 11) is 0. The molecule has 0 heterocycles. The molecule has 0 aromatic carbocycles. The molecule has 0 N–H and O–H groups in total. The Kier molecular flexibility index (Phi) is 3.43. The van der Waals surface area contributed by atoms with Gasteiger partial charge in [-0.15, -0.1) is 23.2 Å². The van der Waals surface area contributed by atoms with Gasteiger partial charge in [0, 0.05) is 0 Å². The predicted octanol–water partition coefficient (Wildman–Crippen LogP) is 3.53. The molecule has 0 aliphatic heterocycles. The first-order chi connectivity index (χ1) is 4.19. The van der Waals surface area contributed by atoms with Gasteiger partial charge in [-0.05, 0) is 11.6 Å². The fourth-order valence-corrected chi connectivity index (χ4v) is 0.619. The molecule has 10 heavy (non-hydrogen) atoms. The van der Waals surface area contributed by atoms with E-state index in [1.165, 1.54) is 0 Å². The lowest BCUT2D eigenvalue weighted by Gasteiger charge is -2.22. The molecule has 1 atom stereocenters. The average molecular weight is 236 g/mol. The standard InChI is InChI=1S/C3HCl4F3/c4-1(5)2(6,8)3(7,9)10/h1H. The van der Waals surface area contributed by atoms with Gasteiger partial charge in [-0.2, -0.15) is 8.78 Å². The maximum atomic E-state index is 12.3. The topological polar surface area (TPSA) is 0 Å². The number of hydrogen-bond acceptors (Lipinski definition) is 0. The molecule has 0 spiro atoms. The van der Waals surface area contributed by atoms with Crippen LogP contribution in [0.25, 0.3) is 0 Å². The number of alkyl halides is 7. The van der Waals surface area contributed by atoms with Crippen molar-refractivity contribution in [1.29, 1.82) is 0 Å². The fourth-order valence-electron chi connectivity index (χ4n) is 0.124. The van der Waals surface area contributed by atoms with Gasteiger partial charge in [-0.1, -0.05) is 11.6 Å². The van der Waals surface area contributed by atoms with Gasteiger partial charge in [0.25, 0.3) is 5.13 Å². The number of hydrogen-bond donors (Lipinski definition) is 0. The molecule has 0 aromatic rings. The zero-order valence-electron chi connectivity index (χ0n) is 4.22. The van der Waals surface area contributed by atoms with Crippen molar-refractivity contribution in [3.8, 4) is 0 Å². The third-order valence-electron chi connectivity index (χ3n) is 0.652. The molecule has 0 bridgehead atoms. The van der Waals surface area contributed by atoms with Crippen LogP contribution in [0.1, 0.15) is 0 Å². The third-order valence-corrected chi connectivity index (χ3v) is 2.30. The Morgan fingerprint density at radius 3 is 1.30 bits per heavy atom. The summed E-state index contributed by atoms with van der Waals surface area (Å²) in [5.41, 5.74) is 0. The van der Waals surface area contributed by atoms with E-state index in [1.807, 2.05) is 0 Å². The molecule has 7 heteroatoms. The first-order valence-corrected chi connectivity index (χ1v) is 3.55. The second-order valence-electron chi connectivity index (χ2n) is 1.42. The Bertz CT molecular complexity index is 117. The normalized spacial score (nSPS) is 19.2. The van der Waals surface area contributed by atoms with Crippen LogP contribution in [0.5, 0.6) is 0 Å². The molecule has 0 aliphatic rings. The van der Waals surface area contributed by atoms with Gasteiger partial charge in [0.1, 0.15) is 0 Å². The first kappa shape index (κ1) is 11.0. The molecule has 0 saturated carbocycles. The molecule has 0 saturated heterocycles. The average Bonchev–Trinajstić information content (AvgIpc) is 1.62. The highest BCUT2D eigenvalue weighted by molar-refractivity contribution is 6.50. The summed E-state index contributed by atoms with van der Waals surface area (Å²) in [5.74, 6) is 0. The molecular weight excluding hydrogens is 235 g/mol. The molecule has 0 amide bonds. The Morgan fingerprint density at radius 1 is 1.00 bits per heavy atom. The highest BCUT2D eigenvalue weighted by Gasteiger charge is 2.57. The lowest BCUT2D eigenvalue weighted by molar-refractivity contribution is -0.0122. The minimum atomic E-state index is -4.28. The van der Waals surface area contributed by atoms with Crippen molar-refractivity contribution >= 4 is 46.4 Å². The van der Waals surface area contributed by atoms with E-state index < -0.39 is 15.3 Å². The van der Waals surface area contributed by atoms with Gasteiger partial charge in [-0.25, -0.2) is 4.39 Å². The second kappa shape index (κ2) is 3.13. The summed E-state index contributed by atoms with van der Waals surface area (Å²) in [5, 5.41) is -7.90. The summed E-state index contributed by atoms with van der Waals surface area (Å²) in [4.78, 5) is -2.08. The first-order valence-electron chi connectivity index (χ1n) is 1.92. The van der Waals surface area contributed by atoms with Crippen LogP contribution in [0.2, 0.25) is 0 Å². The van der Waals surface area contributed by atoms with E-state index in [2.05, 4.69) is 23.2 Å². The molecule has 0 radical (unpaired) electrons. The fraction of sp³-hybridized carbons (Fsp3) is 1.00. The van der Waals surface area contributed by atoms with Gasteiger partial charge in [0.15, 0.2) is 4.84 Å². The highest BCUT2D eigenvalue weighted by Crippen LogP contribution is 2.45. The smallest absolute Gasteiger partial charge is 0.215 e. The van der Waals surface area contributed by atoms with Crippen molar-refractivity contribution in [2.24, 2.45) is 0 Å². The maximum Gasteiger partial charge on any atom is 0.371 e. The van der Waals surface area contributed by atoms with Crippen LogP contribution in [-0.4, -0.2) is 15.3 Å². The van der Waals surface area contributed by atoms with E-state index in [0.717, 1.165) is 0 Å². The molecule has 0 aromatic heterocycles. The summed E-state index contributed by atoms with van der Waals surface area (Å²) < 4.78 is 36.0. The highest BCUT2D eigenvalue weighted by atomic mass is 35.5. The van der Waals surface area contributed by atoms with Gasteiger partial charge < -0.3 is 0 Å². The van der Waals surface area contributed by atoms with Crippen molar-refractivity contribution in [2.75, 3.05) is 0 Å². The quantitative estimate of drug-likeness (QED) is 0.643. The largest absolute Gasteiger partial charge is 0.371 e. The summed E-state index contributed by atoms with van der Waals surface area (Å²) in [6.07, 6.45) is 0. The van der Waals surface area contributed by atoms with Crippen LogP contribution < -0.4 is 0 Å².